The van der Waals surface area contributed by atoms with Gasteiger partial charge in [0.2, 0.25) is 0 Å². The lowest BCUT2D eigenvalue weighted by atomic mass is 10.1. The minimum absolute atomic E-state index is 0.300. The first-order valence-corrected chi connectivity index (χ1v) is 7.84. The molecule has 0 aliphatic carbocycles. The van der Waals surface area contributed by atoms with Gasteiger partial charge >= 0.3 is 5.63 Å². The Morgan fingerprint density at radius 3 is 2.52 bits per heavy atom. The van der Waals surface area contributed by atoms with Gasteiger partial charge in [-0.1, -0.05) is 36.4 Å². The average molecular weight is 294 g/mol. The molecule has 3 heteroatoms. The maximum atomic E-state index is 11.9. The van der Waals surface area contributed by atoms with Crippen molar-refractivity contribution < 1.29 is 4.42 Å². The van der Waals surface area contributed by atoms with Crippen LogP contribution in [0.25, 0.3) is 22.9 Å². The van der Waals surface area contributed by atoms with Crippen molar-refractivity contribution in [2.75, 3.05) is 6.26 Å². The number of fused-ring (bicyclic) bond motifs is 1. The molecule has 21 heavy (non-hydrogen) atoms. The van der Waals surface area contributed by atoms with Crippen LogP contribution >= 0.6 is 11.8 Å². The Morgan fingerprint density at radius 1 is 1.00 bits per heavy atom. The van der Waals surface area contributed by atoms with Crippen molar-refractivity contribution in [3.63, 3.8) is 0 Å². The van der Waals surface area contributed by atoms with E-state index < -0.39 is 0 Å². The van der Waals surface area contributed by atoms with Gasteiger partial charge in [-0.05, 0) is 47.5 Å². The highest BCUT2D eigenvalue weighted by atomic mass is 32.2. The molecule has 0 atom stereocenters. The van der Waals surface area contributed by atoms with E-state index >= 15 is 0 Å². The molecule has 0 saturated heterocycles. The fourth-order valence-electron chi connectivity index (χ4n) is 2.13. The summed E-state index contributed by atoms with van der Waals surface area (Å²) in [5.41, 5.74) is 0.772. The van der Waals surface area contributed by atoms with Crippen LogP contribution in [0.1, 0.15) is 11.3 Å². The molecule has 0 aliphatic rings. The van der Waals surface area contributed by atoms with E-state index in [1.807, 2.05) is 48.6 Å². The minimum Gasteiger partial charge on any atom is -0.423 e. The van der Waals surface area contributed by atoms with E-state index in [4.69, 9.17) is 4.42 Å². The monoisotopic (exact) mass is 294 g/mol. The highest BCUT2D eigenvalue weighted by Crippen LogP contribution is 2.17. The Bertz CT molecular complexity index is 845. The number of hydrogen-bond acceptors (Lipinski definition) is 3. The molecule has 0 saturated carbocycles. The second kappa shape index (κ2) is 6.02. The van der Waals surface area contributed by atoms with Crippen molar-refractivity contribution in [3.05, 3.63) is 76.3 Å². The average Bonchev–Trinajstić information content (AvgIpc) is 2.53. The van der Waals surface area contributed by atoms with Crippen molar-refractivity contribution in [2.45, 2.75) is 4.90 Å². The Kier molecular flexibility index (Phi) is 3.93. The van der Waals surface area contributed by atoms with E-state index in [0.29, 0.717) is 11.1 Å². The van der Waals surface area contributed by atoms with Gasteiger partial charge < -0.3 is 4.42 Å². The molecule has 2 aromatic carbocycles. The summed E-state index contributed by atoms with van der Waals surface area (Å²) in [6.07, 6.45) is 5.81. The van der Waals surface area contributed by atoms with Gasteiger partial charge in [0.05, 0.1) is 5.39 Å². The topological polar surface area (TPSA) is 30.2 Å². The van der Waals surface area contributed by atoms with Crippen LogP contribution in [0.5, 0.6) is 0 Å². The first-order chi connectivity index (χ1) is 10.3. The number of rotatable bonds is 3. The molecule has 0 amide bonds. The number of hydrogen-bond donors (Lipinski definition) is 0. The SMILES string of the molecule is CSc1ccc(/C=C/c2cc3ccccc3c(=O)o2)cc1. The highest BCUT2D eigenvalue weighted by Gasteiger charge is 2.01. The molecule has 0 radical (unpaired) electrons. The zero-order chi connectivity index (χ0) is 14.7. The highest BCUT2D eigenvalue weighted by molar-refractivity contribution is 7.98. The number of thioether (sulfide) groups is 1. The molecule has 0 bridgehead atoms. The third kappa shape index (κ3) is 3.09. The first-order valence-electron chi connectivity index (χ1n) is 6.61. The summed E-state index contributed by atoms with van der Waals surface area (Å²) in [5, 5.41) is 1.50. The molecular weight excluding hydrogens is 280 g/mol. The fourth-order valence-corrected chi connectivity index (χ4v) is 2.54. The standard InChI is InChI=1S/C18H14O2S/c1-21-16-10-7-13(8-11-16)6-9-15-12-14-4-2-3-5-17(14)18(19)20-15/h2-12H,1H3/b9-6+. The summed E-state index contributed by atoms with van der Waals surface area (Å²) in [7, 11) is 0. The van der Waals surface area contributed by atoms with Gasteiger partial charge in [-0.25, -0.2) is 4.79 Å². The molecule has 0 unspecified atom stereocenters. The third-order valence-electron chi connectivity index (χ3n) is 3.24. The van der Waals surface area contributed by atoms with Crippen LogP contribution in [0.15, 0.2) is 68.7 Å². The van der Waals surface area contributed by atoms with Crippen LogP contribution in [0.2, 0.25) is 0 Å². The summed E-state index contributed by atoms with van der Waals surface area (Å²) in [6, 6.07) is 17.5. The van der Waals surface area contributed by atoms with Crippen LogP contribution in [0.3, 0.4) is 0 Å². The first kappa shape index (κ1) is 13.7. The second-order valence-electron chi connectivity index (χ2n) is 4.63. The maximum Gasteiger partial charge on any atom is 0.344 e. The summed E-state index contributed by atoms with van der Waals surface area (Å²) in [4.78, 5) is 13.1. The van der Waals surface area contributed by atoms with Gasteiger partial charge in [0.15, 0.2) is 0 Å². The molecule has 0 spiro atoms. The quantitative estimate of drug-likeness (QED) is 0.657. The Hall–Kier alpha value is -2.26. The maximum absolute atomic E-state index is 11.9. The van der Waals surface area contributed by atoms with E-state index in [0.717, 1.165) is 10.9 Å². The zero-order valence-corrected chi connectivity index (χ0v) is 12.4. The van der Waals surface area contributed by atoms with Crippen molar-refractivity contribution in [1.82, 2.24) is 0 Å². The largest absolute Gasteiger partial charge is 0.423 e. The van der Waals surface area contributed by atoms with E-state index in [1.54, 1.807) is 17.8 Å². The lowest BCUT2D eigenvalue weighted by Crippen LogP contribution is -1.99. The van der Waals surface area contributed by atoms with Gasteiger partial charge in [0, 0.05) is 4.90 Å². The predicted molar refractivity (Wildman–Crippen MR) is 89.6 cm³/mol. The molecule has 0 N–H and O–H groups in total. The Balaban J connectivity index is 1.93. The van der Waals surface area contributed by atoms with Crippen molar-refractivity contribution in [3.8, 4) is 0 Å². The second-order valence-corrected chi connectivity index (χ2v) is 5.51. The molecule has 2 nitrogen and oxygen atoms in total. The fraction of sp³-hybridized carbons (Fsp3) is 0.0556. The number of benzene rings is 2. The summed E-state index contributed by atoms with van der Waals surface area (Å²) < 4.78 is 5.31. The molecule has 0 aliphatic heterocycles. The van der Waals surface area contributed by atoms with Gasteiger partial charge in [-0.3, -0.25) is 0 Å². The van der Waals surface area contributed by atoms with Crippen LogP contribution in [-0.2, 0) is 0 Å². The molecular formula is C18H14O2S. The summed E-state index contributed by atoms with van der Waals surface area (Å²) >= 11 is 1.71. The molecule has 1 heterocycles. The van der Waals surface area contributed by atoms with Crippen LogP contribution < -0.4 is 5.63 Å². The molecule has 3 rings (SSSR count). The van der Waals surface area contributed by atoms with E-state index in [9.17, 15) is 4.79 Å². The summed E-state index contributed by atoms with van der Waals surface area (Å²) in [6.45, 7) is 0. The predicted octanol–water partition coefficient (Wildman–Crippen LogP) is 4.69. The van der Waals surface area contributed by atoms with Gasteiger partial charge in [0.25, 0.3) is 0 Å². The zero-order valence-electron chi connectivity index (χ0n) is 11.6. The lowest BCUT2D eigenvalue weighted by molar-refractivity contribution is 0.510. The van der Waals surface area contributed by atoms with Gasteiger partial charge in [-0.15, -0.1) is 11.8 Å². The van der Waals surface area contributed by atoms with Gasteiger partial charge in [-0.2, -0.15) is 0 Å². The molecule has 3 aromatic rings. The molecule has 104 valence electrons. The Labute approximate surface area is 127 Å². The molecule has 0 fully saturated rings. The van der Waals surface area contributed by atoms with Crippen molar-refractivity contribution in [1.29, 1.82) is 0 Å². The van der Waals surface area contributed by atoms with E-state index in [2.05, 4.69) is 18.4 Å². The van der Waals surface area contributed by atoms with Crippen LogP contribution in [0, 0.1) is 0 Å². The van der Waals surface area contributed by atoms with E-state index in [1.165, 1.54) is 4.90 Å². The van der Waals surface area contributed by atoms with Crippen LogP contribution in [0.4, 0.5) is 0 Å². The Morgan fingerprint density at radius 2 is 1.76 bits per heavy atom. The van der Waals surface area contributed by atoms with Crippen molar-refractivity contribution in [2.24, 2.45) is 0 Å². The smallest absolute Gasteiger partial charge is 0.344 e. The molecule has 1 aromatic heterocycles. The van der Waals surface area contributed by atoms with Gasteiger partial charge in [0.1, 0.15) is 5.76 Å². The lowest BCUT2D eigenvalue weighted by Gasteiger charge is -1.99. The van der Waals surface area contributed by atoms with Crippen LogP contribution in [-0.4, -0.2) is 6.26 Å². The van der Waals surface area contributed by atoms with Crippen molar-refractivity contribution >= 4 is 34.7 Å². The summed E-state index contributed by atoms with van der Waals surface area (Å²) in [5.74, 6) is 0.563. The van der Waals surface area contributed by atoms with E-state index in [-0.39, 0.29) is 5.63 Å². The normalized spacial score (nSPS) is 11.3. The third-order valence-corrected chi connectivity index (χ3v) is 3.99. The minimum atomic E-state index is -0.300.